The number of halogens is 1. The zero-order chi connectivity index (χ0) is 22.7. The van der Waals surface area contributed by atoms with Crippen LogP contribution in [0.4, 0.5) is 4.79 Å². The van der Waals surface area contributed by atoms with Gasteiger partial charge in [0.15, 0.2) is 0 Å². The van der Waals surface area contributed by atoms with Crippen LogP contribution in [0.2, 0.25) is 5.02 Å². The van der Waals surface area contributed by atoms with Gasteiger partial charge in [0.2, 0.25) is 5.91 Å². The maximum absolute atomic E-state index is 13.2. The number of nitrogens with one attached hydrogen (secondary N) is 1. The molecule has 0 aliphatic carbocycles. The van der Waals surface area contributed by atoms with Gasteiger partial charge in [-0.15, -0.1) is 0 Å². The SMILES string of the molecule is CC1(C2CCN(C(=O)Cc3ccccc3Cl)CC2)NC(=O)N(CCN2CCOCC2)C1=O. The van der Waals surface area contributed by atoms with Gasteiger partial charge in [-0.05, 0) is 37.3 Å². The van der Waals surface area contributed by atoms with Crippen LogP contribution in [-0.2, 0) is 20.7 Å². The number of carbonyl (C=O) groups is 3. The summed E-state index contributed by atoms with van der Waals surface area (Å²) in [4.78, 5) is 43.9. The number of ether oxygens (including phenoxy) is 1. The third kappa shape index (κ3) is 4.77. The number of urea groups is 1. The van der Waals surface area contributed by atoms with Crippen LogP contribution >= 0.6 is 11.6 Å². The van der Waals surface area contributed by atoms with Crippen LogP contribution in [-0.4, -0.2) is 90.6 Å². The van der Waals surface area contributed by atoms with Crippen LogP contribution in [0.1, 0.15) is 25.3 Å². The van der Waals surface area contributed by atoms with Crippen molar-refractivity contribution in [3.05, 3.63) is 34.9 Å². The Morgan fingerprint density at radius 3 is 2.50 bits per heavy atom. The summed E-state index contributed by atoms with van der Waals surface area (Å²) in [5.74, 6) is -0.121. The van der Waals surface area contributed by atoms with Gasteiger partial charge in [0.05, 0.1) is 19.6 Å². The van der Waals surface area contributed by atoms with E-state index in [1.54, 1.807) is 6.07 Å². The highest BCUT2D eigenvalue weighted by molar-refractivity contribution is 6.31. The quantitative estimate of drug-likeness (QED) is 0.651. The van der Waals surface area contributed by atoms with Crippen molar-refractivity contribution in [2.75, 3.05) is 52.5 Å². The summed E-state index contributed by atoms with van der Waals surface area (Å²) >= 11 is 6.19. The van der Waals surface area contributed by atoms with E-state index in [-0.39, 0.29) is 30.2 Å². The molecule has 1 aromatic carbocycles. The summed E-state index contributed by atoms with van der Waals surface area (Å²) in [6.07, 6.45) is 1.62. The number of rotatable bonds is 6. The van der Waals surface area contributed by atoms with Gasteiger partial charge in [-0.1, -0.05) is 29.8 Å². The summed E-state index contributed by atoms with van der Waals surface area (Å²) in [7, 11) is 0. The lowest BCUT2D eigenvalue weighted by molar-refractivity contribution is -0.135. The van der Waals surface area contributed by atoms with E-state index in [2.05, 4.69) is 10.2 Å². The topological polar surface area (TPSA) is 82.2 Å². The minimum atomic E-state index is -0.917. The number of nitrogens with zero attached hydrogens (tertiary/aromatic N) is 3. The van der Waals surface area contributed by atoms with Gasteiger partial charge in [-0.2, -0.15) is 0 Å². The molecule has 1 N–H and O–H groups in total. The van der Waals surface area contributed by atoms with Gasteiger partial charge >= 0.3 is 6.03 Å². The van der Waals surface area contributed by atoms with Crippen LogP contribution in [0.3, 0.4) is 0 Å². The number of amides is 4. The van der Waals surface area contributed by atoms with Crippen molar-refractivity contribution < 1.29 is 19.1 Å². The van der Waals surface area contributed by atoms with Crippen molar-refractivity contribution in [2.45, 2.75) is 31.7 Å². The largest absolute Gasteiger partial charge is 0.379 e. The zero-order valence-corrected chi connectivity index (χ0v) is 19.3. The van der Waals surface area contributed by atoms with Crippen molar-refractivity contribution in [1.82, 2.24) is 20.0 Å². The minimum Gasteiger partial charge on any atom is -0.379 e. The first-order chi connectivity index (χ1) is 15.4. The van der Waals surface area contributed by atoms with Crippen LogP contribution < -0.4 is 5.32 Å². The molecule has 1 atom stereocenters. The molecular weight excluding hydrogens is 432 g/mol. The Bertz CT molecular complexity index is 867. The number of benzene rings is 1. The van der Waals surface area contributed by atoms with E-state index in [0.29, 0.717) is 57.3 Å². The van der Waals surface area contributed by atoms with E-state index >= 15 is 0 Å². The summed E-state index contributed by atoms with van der Waals surface area (Å²) in [5.41, 5.74) is -0.0950. The first kappa shape index (κ1) is 23.0. The normalized spacial score (nSPS) is 25.3. The second kappa shape index (κ2) is 9.77. The molecule has 3 saturated heterocycles. The molecule has 0 aromatic heterocycles. The van der Waals surface area contributed by atoms with Crippen molar-refractivity contribution >= 4 is 29.4 Å². The predicted octanol–water partition coefficient (Wildman–Crippen LogP) is 1.76. The second-order valence-electron chi connectivity index (χ2n) is 8.97. The Kier molecular flexibility index (Phi) is 7.02. The number of carbonyl (C=O) groups excluding carboxylic acids is 3. The Morgan fingerprint density at radius 2 is 1.81 bits per heavy atom. The van der Waals surface area contributed by atoms with E-state index in [4.69, 9.17) is 16.3 Å². The molecule has 4 rings (SSSR count). The molecule has 174 valence electrons. The van der Waals surface area contributed by atoms with Crippen LogP contribution in [0.25, 0.3) is 0 Å². The maximum Gasteiger partial charge on any atom is 0.325 e. The maximum atomic E-state index is 13.2. The summed E-state index contributed by atoms with van der Waals surface area (Å²) in [6, 6.07) is 7.06. The number of likely N-dealkylation sites (tertiary alicyclic amines) is 1. The highest BCUT2D eigenvalue weighted by Gasteiger charge is 2.52. The molecule has 0 saturated carbocycles. The first-order valence-corrected chi connectivity index (χ1v) is 11.7. The molecule has 0 radical (unpaired) electrons. The van der Waals surface area contributed by atoms with Crippen molar-refractivity contribution in [3.63, 3.8) is 0 Å². The van der Waals surface area contributed by atoms with Gasteiger partial charge in [-0.25, -0.2) is 4.79 Å². The third-order valence-corrected chi connectivity index (χ3v) is 7.38. The van der Waals surface area contributed by atoms with Crippen LogP contribution in [0.15, 0.2) is 24.3 Å². The van der Waals surface area contributed by atoms with Crippen molar-refractivity contribution in [1.29, 1.82) is 0 Å². The molecular formula is C23H31ClN4O4. The van der Waals surface area contributed by atoms with Crippen molar-refractivity contribution in [2.24, 2.45) is 5.92 Å². The molecule has 3 heterocycles. The Labute approximate surface area is 193 Å². The molecule has 8 nitrogen and oxygen atoms in total. The molecule has 1 unspecified atom stereocenters. The van der Waals surface area contributed by atoms with E-state index in [1.807, 2.05) is 30.0 Å². The number of hydrogen-bond donors (Lipinski definition) is 1. The number of morpholine rings is 1. The Balaban J connectivity index is 1.31. The molecule has 1 aromatic rings. The smallest absolute Gasteiger partial charge is 0.325 e. The fourth-order valence-electron chi connectivity index (χ4n) is 4.88. The molecule has 3 fully saturated rings. The predicted molar refractivity (Wildman–Crippen MR) is 120 cm³/mol. The van der Waals surface area contributed by atoms with E-state index in [9.17, 15) is 14.4 Å². The summed E-state index contributed by atoms with van der Waals surface area (Å²) < 4.78 is 5.35. The first-order valence-electron chi connectivity index (χ1n) is 11.3. The van der Waals surface area contributed by atoms with E-state index in [1.165, 1.54) is 4.90 Å². The van der Waals surface area contributed by atoms with Crippen LogP contribution in [0, 0.1) is 5.92 Å². The van der Waals surface area contributed by atoms with Gasteiger partial charge in [0.1, 0.15) is 5.54 Å². The Hall–Kier alpha value is -2.16. The summed E-state index contributed by atoms with van der Waals surface area (Å²) in [5, 5.41) is 3.55. The van der Waals surface area contributed by atoms with Gasteiger partial charge in [0.25, 0.3) is 5.91 Å². The highest BCUT2D eigenvalue weighted by Crippen LogP contribution is 2.33. The minimum absolute atomic E-state index is 0.00306. The number of piperidine rings is 1. The van der Waals surface area contributed by atoms with Gasteiger partial charge in [0, 0.05) is 44.3 Å². The molecule has 9 heteroatoms. The Morgan fingerprint density at radius 1 is 1.12 bits per heavy atom. The molecule has 0 bridgehead atoms. The summed E-state index contributed by atoms with van der Waals surface area (Å²) in [6.45, 7) is 7.03. The highest BCUT2D eigenvalue weighted by atomic mass is 35.5. The fourth-order valence-corrected chi connectivity index (χ4v) is 5.09. The lowest BCUT2D eigenvalue weighted by Gasteiger charge is -2.39. The zero-order valence-electron chi connectivity index (χ0n) is 18.5. The van der Waals surface area contributed by atoms with Crippen LogP contribution in [0.5, 0.6) is 0 Å². The monoisotopic (exact) mass is 462 g/mol. The second-order valence-corrected chi connectivity index (χ2v) is 9.37. The lowest BCUT2D eigenvalue weighted by atomic mass is 9.79. The number of hydrogen-bond acceptors (Lipinski definition) is 5. The van der Waals surface area contributed by atoms with Crippen molar-refractivity contribution in [3.8, 4) is 0 Å². The molecule has 4 amide bonds. The standard InChI is InChI=1S/C23H31ClN4O4/c1-23(21(30)28(22(31)25-23)11-10-26-12-14-32-15-13-26)18-6-8-27(9-7-18)20(29)16-17-4-2-3-5-19(17)24/h2-5,18H,6-16H2,1H3,(H,25,31). The molecule has 3 aliphatic rings. The fraction of sp³-hybridized carbons (Fsp3) is 0.609. The lowest BCUT2D eigenvalue weighted by Crippen LogP contribution is -2.54. The molecule has 0 spiro atoms. The van der Waals surface area contributed by atoms with Gasteiger partial charge in [-0.3, -0.25) is 19.4 Å². The average molecular weight is 463 g/mol. The molecule has 3 aliphatic heterocycles. The molecule has 32 heavy (non-hydrogen) atoms. The van der Waals surface area contributed by atoms with Gasteiger partial charge < -0.3 is 15.0 Å². The van der Waals surface area contributed by atoms with E-state index in [0.717, 1.165) is 18.7 Å². The average Bonchev–Trinajstić information content (AvgIpc) is 3.03. The van der Waals surface area contributed by atoms with E-state index < -0.39 is 5.54 Å². The third-order valence-electron chi connectivity index (χ3n) is 7.01. The number of imide groups is 1.